The van der Waals surface area contributed by atoms with Crippen LogP contribution in [0.15, 0.2) is 47.3 Å². The number of cyclic esters (lactones) is 1. The third-order valence-electron chi connectivity index (χ3n) is 4.20. The largest absolute Gasteiger partial charge is 0.417 e. The summed E-state index contributed by atoms with van der Waals surface area (Å²) in [5, 5.41) is 0. The lowest BCUT2D eigenvalue weighted by molar-refractivity contribution is -0.142. The molecule has 0 aromatic heterocycles. The van der Waals surface area contributed by atoms with Gasteiger partial charge in [-0.15, -0.1) is 0 Å². The molecule has 1 aliphatic heterocycles. The Kier molecular flexibility index (Phi) is 3.49. The van der Waals surface area contributed by atoms with E-state index in [2.05, 4.69) is 4.99 Å². The van der Waals surface area contributed by atoms with Crippen molar-refractivity contribution in [1.29, 1.82) is 0 Å². The Morgan fingerprint density at radius 2 is 1.52 bits per heavy atom. The molecule has 27 heavy (non-hydrogen) atoms. The highest BCUT2D eigenvalue weighted by molar-refractivity contribution is 6.26. The molecule has 0 fully saturated rings. The zero-order valence-corrected chi connectivity index (χ0v) is 13.1. The van der Waals surface area contributed by atoms with Gasteiger partial charge in [-0.25, -0.2) is 9.79 Å². The number of rotatable bonds is 0. The first-order chi connectivity index (χ1) is 12.6. The highest BCUT2D eigenvalue weighted by Gasteiger charge is 2.43. The number of esters is 1. The summed E-state index contributed by atoms with van der Waals surface area (Å²) >= 11 is 0. The number of halogens is 6. The van der Waals surface area contributed by atoms with E-state index in [1.165, 1.54) is 24.3 Å². The summed E-state index contributed by atoms with van der Waals surface area (Å²) in [4.78, 5) is 15.0. The van der Waals surface area contributed by atoms with Gasteiger partial charge in [0.2, 0.25) is 5.88 Å². The Morgan fingerprint density at radius 1 is 0.852 bits per heavy atom. The molecule has 2 aliphatic rings. The molecule has 0 N–H and O–H groups in total. The van der Waals surface area contributed by atoms with Crippen LogP contribution in [0.3, 0.4) is 0 Å². The molecule has 2 aromatic rings. The van der Waals surface area contributed by atoms with Crippen LogP contribution in [0.25, 0.3) is 16.7 Å². The number of nitrogens with zero attached hydrogens (tertiary/aromatic N) is 1. The molecule has 0 radical (unpaired) electrons. The van der Waals surface area contributed by atoms with Crippen molar-refractivity contribution in [2.75, 3.05) is 0 Å². The number of hydrogen-bond donors (Lipinski definition) is 0. The van der Waals surface area contributed by atoms with Gasteiger partial charge in [0.05, 0.1) is 16.7 Å². The normalized spacial score (nSPS) is 18.5. The van der Waals surface area contributed by atoms with E-state index in [-0.39, 0.29) is 34.2 Å². The quantitative estimate of drug-likeness (QED) is 0.403. The molecule has 9 heteroatoms. The van der Waals surface area contributed by atoms with Gasteiger partial charge in [-0.1, -0.05) is 24.3 Å². The molecule has 1 aliphatic carbocycles. The molecule has 3 nitrogen and oxygen atoms in total. The second-order valence-electron chi connectivity index (χ2n) is 5.85. The lowest BCUT2D eigenvalue weighted by Crippen LogP contribution is -2.13. The van der Waals surface area contributed by atoms with Gasteiger partial charge >= 0.3 is 18.3 Å². The molecule has 0 spiro atoms. The van der Waals surface area contributed by atoms with E-state index in [0.29, 0.717) is 6.07 Å². The Morgan fingerprint density at radius 3 is 2.07 bits per heavy atom. The topological polar surface area (TPSA) is 38.7 Å². The highest BCUT2D eigenvalue weighted by Crippen LogP contribution is 2.52. The van der Waals surface area contributed by atoms with E-state index in [4.69, 9.17) is 4.74 Å². The molecule has 0 unspecified atom stereocenters. The van der Waals surface area contributed by atoms with Crippen molar-refractivity contribution >= 4 is 17.8 Å². The molecule has 0 amide bonds. The molecule has 0 atom stereocenters. The molecule has 1 heterocycles. The van der Waals surface area contributed by atoms with E-state index >= 15 is 0 Å². The summed E-state index contributed by atoms with van der Waals surface area (Å²) in [5.41, 5.74) is -3.38. The maximum absolute atomic E-state index is 13.6. The van der Waals surface area contributed by atoms with E-state index in [9.17, 15) is 31.1 Å². The monoisotopic (exact) mass is 383 g/mol. The first-order valence-electron chi connectivity index (χ1n) is 7.50. The summed E-state index contributed by atoms with van der Waals surface area (Å²) in [7, 11) is 0. The maximum Gasteiger partial charge on any atom is 0.417 e. The molecule has 0 saturated carbocycles. The summed E-state index contributed by atoms with van der Waals surface area (Å²) in [6, 6.07) is 6.50. The van der Waals surface area contributed by atoms with Gasteiger partial charge in [-0.2, -0.15) is 26.3 Å². The molecular formula is C18H7F6NO2. The number of hydrogen-bond acceptors (Lipinski definition) is 3. The number of carbonyl (C=O) groups excluding carboxylic acids is 1. The van der Waals surface area contributed by atoms with Crippen molar-refractivity contribution in [2.45, 2.75) is 12.4 Å². The van der Waals surface area contributed by atoms with Crippen LogP contribution in [0.4, 0.5) is 26.3 Å². The van der Waals surface area contributed by atoms with Crippen molar-refractivity contribution in [3.8, 4) is 11.1 Å². The summed E-state index contributed by atoms with van der Waals surface area (Å²) in [6.07, 6.45) is -9.20. The Hall–Kier alpha value is -3.10. The number of fused-ring (bicyclic) bond motifs is 3. The summed E-state index contributed by atoms with van der Waals surface area (Å²) in [5.74, 6) is -1.19. The molecule has 2 aromatic carbocycles. The summed E-state index contributed by atoms with van der Waals surface area (Å²) in [6.45, 7) is 0. The van der Waals surface area contributed by atoms with Crippen LogP contribution in [0.5, 0.6) is 0 Å². The minimum Gasteiger partial charge on any atom is -0.402 e. The summed E-state index contributed by atoms with van der Waals surface area (Å²) < 4.78 is 85.2. The first-order valence-corrected chi connectivity index (χ1v) is 7.50. The fourth-order valence-electron chi connectivity index (χ4n) is 3.19. The van der Waals surface area contributed by atoms with Crippen LogP contribution in [-0.2, 0) is 21.9 Å². The van der Waals surface area contributed by atoms with Crippen molar-refractivity contribution in [3.63, 3.8) is 0 Å². The maximum atomic E-state index is 13.6. The van der Waals surface area contributed by atoms with Crippen LogP contribution < -0.4 is 0 Å². The Labute approximate surface area is 147 Å². The van der Waals surface area contributed by atoms with Crippen molar-refractivity contribution in [3.05, 3.63) is 64.5 Å². The van der Waals surface area contributed by atoms with Gasteiger partial charge in [-0.3, -0.25) is 0 Å². The smallest absolute Gasteiger partial charge is 0.402 e. The number of alkyl halides is 6. The number of ether oxygens (including phenoxy) is 1. The van der Waals surface area contributed by atoms with Crippen LogP contribution in [0, 0.1) is 0 Å². The lowest BCUT2D eigenvalue weighted by Gasteiger charge is -2.17. The predicted molar refractivity (Wildman–Crippen MR) is 82.5 cm³/mol. The first kappa shape index (κ1) is 17.3. The Bertz CT molecular complexity index is 1050. The lowest BCUT2D eigenvalue weighted by atomic mass is 9.95. The second kappa shape index (κ2) is 5.45. The van der Waals surface area contributed by atoms with Crippen LogP contribution in [0.1, 0.15) is 22.3 Å². The third-order valence-corrected chi connectivity index (χ3v) is 4.20. The van der Waals surface area contributed by atoms with E-state index in [1.807, 2.05) is 0 Å². The average Bonchev–Trinajstić information content (AvgIpc) is 3.13. The van der Waals surface area contributed by atoms with Crippen molar-refractivity contribution in [1.82, 2.24) is 0 Å². The molecule has 138 valence electrons. The van der Waals surface area contributed by atoms with Crippen LogP contribution in [0.2, 0.25) is 0 Å². The molecule has 0 saturated heterocycles. The zero-order valence-electron chi connectivity index (χ0n) is 13.1. The average molecular weight is 383 g/mol. The van der Waals surface area contributed by atoms with E-state index < -0.39 is 35.0 Å². The van der Waals surface area contributed by atoms with Gasteiger partial charge in [0, 0.05) is 5.56 Å². The molecule has 0 bridgehead atoms. The SMILES string of the molecule is O=C1C=NC(=C2c3ccccc3-c3c2cc(C(F)(F)F)cc3C(F)(F)F)O1. The fraction of sp³-hybridized carbons (Fsp3) is 0.111. The van der Waals surface area contributed by atoms with Gasteiger partial charge < -0.3 is 4.74 Å². The molecular weight excluding hydrogens is 376 g/mol. The number of benzene rings is 2. The third kappa shape index (κ3) is 2.70. The minimum absolute atomic E-state index is 0.0840. The van der Waals surface area contributed by atoms with Crippen molar-refractivity contribution in [2.24, 2.45) is 4.99 Å². The fourth-order valence-corrected chi connectivity index (χ4v) is 3.19. The Balaban J connectivity index is 2.13. The van der Waals surface area contributed by atoms with E-state index in [0.717, 1.165) is 6.21 Å². The number of aliphatic imine (C=N–C) groups is 1. The standard InChI is InChI=1S/C18H7F6NO2/c19-17(20,21)8-5-11-14(12(6-8)18(22,23)24)9-3-1-2-4-10(9)15(11)16-25-7-13(26)27-16/h1-7H. The van der Waals surface area contributed by atoms with Gasteiger partial charge in [0.15, 0.2) is 0 Å². The van der Waals surface area contributed by atoms with Crippen molar-refractivity contribution < 1.29 is 35.9 Å². The van der Waals surface area contributed by atoms with Gasteiger partial charge in [-0.05, 0) is 28.8 Å². The predicted octanol–water partition coefficient (Wildman–Crippen LogP) is 5.05. The highest BCUT2D eigenvalue weighted by atomic mass is 19.4. The van der Waals surface area contributed by atoms with Crippen LogP contribution in [-0.4, -0.2) is 12.2 Å². The second-order valence-corrected chi connectivity index (χ2v) is 5.85. The zero-order chi connectivity index (χ0) is 19.6. The minimum atomic E-state index is -5.02. The molecule has 4 rings (SSSR count). The van der Waals surface area contributed by atoms with E-state index in [1.54, 1.807) is 0 Å². The van der Waals surface area contributed by atoms with Gasteiger partial charge in [0.25, 0.3) is 0 Å². The van der Waals surface area contributed by atoms with Gasteiger partial charge in [0.1, 0.15) is 6.21 Å². The van der Waals surface area contributed by atoms with Crippen LogP contribution >= 0.6 is 0 Å². The number of carbonyl (C=O) groups is 1.